The molecule has 152 valence electrons. The van der Waals surface area contributed by atoms with Gasteiger partial charge in [0, 0.05) is 18.0 Å². The predicted molar refractivity (Wildman–Crippen MR) is 99.6 cm³/mol. The third-order valence-electron chi connectivity index (χ3n) is 4.71. The molecule has 0 saturated heterocycles. The van der Waals surface area contributed by atoms with E-state index in [1.165, 1.54) is 6.26 Å². The van der Waals surface area contributed by atoms with Crippen molar-refractivity contribution >= 4 is 23.3 Å². The van der Waals surface area contributed by atoms with Gasteiger partial charge in [0.05, 0.1) is 18.5 Å². The zero-order chi connectivity index (χ0) is 20.6. The van der Waals surface area contributed by atoms with E-state index in [0.717, 1.165) is 16.4 Å². The summed E-state index contributed by atoms with van der Waals surface area (Å²) in [6.45, 7) is 0.175. The number of carbonyl (C=O) groups excluding carboxylic acids is 1. The van der Waals surface area contributed by atoms with E-state index in [2.05, 4.69) is 15.7 Å². The number of benzene rings is 1. The van der Waals surface area contributed by atoms with Crippen LogP contribution >= 0.6 is 11.6 Å². The van der Waals surface area contributed by atoms with Crippen molar-refractivity contribution in [3.63, 3.8) is 0 Å². The van der Waals surface area contributed by atoms with E-state index in [1.807, 2.05) is 0 Å². The summed E-state index contributed by atoms with van der Waals surface area (Å²) >= 11 is 5.93. The van der Waals surface area contributed by atoms with Crippen molar-refractivity contribution < 1.29 is 22.4 Å². The van der Waals surface area contributed by atoms with Crippen LogP contribution < -0.4 is 10.6 Å². The van der Waals surface area contributed by atoms with Crippen LogP contribution in [0.2, 0.25) is 5.02 Å². The van der Waals surface area contributed by atoms with E-state index in [0.29, 0.717) is 10.8 Å². The summed E-state index contributed by atoms with van der Waals surface area (Å²) in [7, 11) is 0. The first-order valence-electron chi connectivity index (χ1n) is 8.79. The number of fused-ring (bicyclic) bond motifs is 1. The van der Waals surface area contributed by atoms with Gasteiger partial charge in [0.25, 0.3) is 5.91 Å². The van der Waals surface area contributed by atoms with Gasteiger partial charge in [0.2, 0.25) is 0 Å². The average Bonchev–Trinajstić information content (AvgIpc) is 3.34. The quantitative estimate of drug-likeness (QED) is 0.635. The Balaban J connectivity index is 1.60. The molecule has 2 atom stereocenters. The lowest BCUT2D eigenvalue weighted by atomic mass is 10.0. The Bertz CT molecular complexity index is 1020. The lowest BCUT2D eigenvalue weighted by molar-refractivity contribution is -0.174. The molecule has 0 spiro atoms. The topological polar surface area (TPSA) is 72.1 Å². The van der Waals surface area contributed by atoms with Crippen molar-refractivity contribution in [1.29, 1.82) is 0 Å². The third kappa shape index (κ3) is 3.95. The number of carbonyl (C=O) groups is 1. The fourth-order valence-electron chi connectivity index (χ4n) is 3.33. The highest BCUT2D eigenvalue weighted by atomic mass is 35.5. The summed E-state index contributed by atoms with van der Waals surface area (Å²) in [5.74, 6) is -0.180. The molecule has 29 heavy (non-hydrogen) atoms. The smallest absolute Gasteiger partial charge is 0.410 e. The van der Waals surface area contributed by atoms with Gasteiger partial charge in [-0.05, 0) is 29.8 Å². The van der Waals surface area contributed by atoms with E-state index < -0.39 is 24.2 Å². The van der Waals surface area contributed by atoms with Crippen molar-refractivity contribution in [2.75, 3.05) is 5.32 Å². The number of furan rings is 1. The van der Waals surface area contributed by atoms with Crippen LogP contribution in [0.1, 0.15) is 40.2 Å². The zero-order valence-corrected chi connectivity index (χ0v) is 15.7. The number of nitrogens with one attached hydrogen (secondary N) is 2. The SMILES string of the molecule is O=C(NCc1cccc(Cl)c1)c1cnn2c1N[C@H](c1ccco1)C[C@@H]2C(F)(F)F. The summed E-state index contributed by atoms with van der Waals surface area (Å²) in [6, 6.07) is 7.51. The Morgan fingerprint density at radius 1 is 1.34 bits per heavy atom. The van der Waals surface area contributed by atoms with Crippen LogP contribution in [-0.2, 0) is 6.54 Å². The molecule has 1 amide bonds. The highest BCUT2D eigenvalue weighted by Gasteiger charge is 2.47. The molecule has 2 N–H and O–H groups in total. The standard InChI is InChI=1S/C19H16ClF3N4O2/c20-12-4-1-3-11(7-12)9-24-18(28)13-10-25-27-16(19(21,22)23)8-14(26-17(13)27)15-5-2-6-29-15/h1-7,10,14,16,26H,8-9H2,(H,24,28)/t14-,16+/m0/s1. The van der Waals surface area contributed by atoms with Crippen LogP contribution in [0.3, 0.4) is 0 Å². The van der Waals surface area contributed by atoms with Crippen molar-refractivity contribution in [3.05, 3.63) is 70.8 Å². The molecule has 0 fully saturated rings. The van der Waals surface area contributed by atoms with Gasteiger partial charge in [-0.25, -0.2) is 4.68 Å². The highest BCUT2D eigenvalue weighted by molar-refractivity contribution is 6.30. The number of anilines is 1. The first-order valence-corrected chi connectivity index (χ1v) is 9.17. The fourth-order valence-corrected chi connectivity index (χ4v) is 3.54. The second kappa shape index (κ2) is 7.47. The van der Waals surface area contributed by atoms with Crippen LogP contribution in [0.5, 0.6) is 0 Å². The van der Waals surface area contributed by atoms with E-state index in [-0.39, 0.29) is 24.3 Å². The van der Waals surface area contributed by atoms with Gasteiger partial charge >= 0.3 is 6.18 Å². The van der Waals surface area contributed by atoms with Gasteiger partial charge in [0.1, 0.15) is 17.1 Å². The van der Waals surface area contributed by atoms with Crippen molar-refractivity contribution in [3.8, 4) is 0 Å². The van der Waals surface area contributed by atoms with Crippen molar-refractivity contribution in [2.24, 2.45) is 0 Å². The summed E-state index contributed by atoms with van der Waals surface area (Å²) in [5, 5.41) is 10.0. The molecule has 0 radical (unpaired) electrons. The van der Waals surface area contributed by atoms with Gasteiger partial charge < -0.3 is 15.1 Å². The molecular weight excluding hydrogens is 409 g/mol. The highest BCUT2D eigenvalue weighted by Crippen LogP contribution is 2.44. The molecule has 10 heteroatoms. The van der Waals surface area contributed by atoms with Crippen LogP contribution in [0.4, 0.5) is 19.0 Å². The lowest BCUT2D eigenvalue weighted by Gasteiger charge is -2.32. The van der Waals surface area contributed by atoms with Gasteiger partial charge in [0.15, 0.2) is 6.04 Å². The van der Waals surface area contributed by atoms with E-state index in [1.54, 1.807) is 36.4 Å². The van der Waals surface area contributed by atoms with Crippen LogP contribution in [0, 0.1) is 0 Å². The van der Waals surface area contributed by atoms with Gasteiger partial charge in [-0.15, -0.1) is 0 Å². The zero-order valence-electron chi connectivity index (χ0n) is 14.9. The first-order chi connectivity index (χ1) is 13.8. The summed E-state index contributed by atoms with van der Waals surface area (Å²) in [5.41, 5.74) is 0.791. The van der Waals surface area contributed by atoms with Crippen molar-refractivity contribution in [2.45, 2.75) is 31.2 Å². The molecule has 2 aromatic heterocycles. The molecule has 0 saturated carbocycles. The molecule has 1 aliphatic heterocycles. The molecule has 0 aliphatic carbocycles. The molecule has 1 aromatic carbocycles. The Morgan fingerprint density at radius 2 is 2.17 bits per heavy atom. The van der Waals surface area contributed by atoms with E-state index in [9.17, 15) is 18.0 Å². The molecule has 0 unspecified atom stereocenters. The van der Waals surface area contributed by atoms with Crippen LogP contribution in [-0.4, -0.2) is 21.9 Å². The summed E-state index contributed by atoms with van der Waals surface area (Å²) < 4.78 is 46.9. The average molecular weight is 425 g/mol. The maximum absolute atomic E-state index is 13.6. The number of amides is 1. The first kappa shape index (κ1) is 19.4. The monoisotopic (exact) mass is 424 g/mol. The number of aromatic nitrogens is 2. The second-order valence-corrected chi connectivity index (χ2v) is 7.11. The Hall–Kier alpha value is -2.94. The summed E-state index contributed by atoms with van der Waals surface area (Å²) in [6.07, 6.45) is -2.29. The van der Waals surface area contributed by atoms with E-state index >= 15 is 0 Å². The molecule has 1 aliphatic rings. The Kier molecular flexibility index (Phi) is 4.99. The van der Waals surface area contributed by atoms with Crippen LogP contribution in [0.15, 0.2) is 53.3 Å². The number of halogens is 4. The number of alkyl halides is 3. The number of hydrogen-bond donors (Lipinski definition) is 2. The minimum absolute atomic E-state index is 0.00330. The second-order valence-electron chi connectivity index (χ2n) is 6.67. The van der Waals surface area contributed by atoms with E-state index in [4.69, 9.17) is 16.0 Å². The van der Waals surface area contributed by atoms with Gasteiger partial charge in [-0.1, -0.05) is 23.7 Å². The largest absolute Gasteiger partial charge is 0.467 e. The Morgan fingerprint density at radius 3 is 2.86 bits per heavy atom. The maximum atomic E-state index is 13.6. The molecule has 3 aromatic rings. The fraction of sp³-hybridized carbons (Fsp3) is 0.263. The van der Waals surface area contributed by atoms with Gasteiger partial charge in [-0.2, -0.15) is 18.3 Å². The minimum atomic E-state index is -4.53. The molecule has 0 bridgehead atoms. The van der Waals surface area contributed by atoms with Crippen LogP contribution in [0.25, 0.3) is 0 Å². The molecule has 4 rings (SSSR count). The Labute approximate surface area is 168 Å². The maximum Gasteiger partial charge on any atom is 0.410 e. The molecular formula is C19H16ClF3N4O2. The summed E-state index contributed by atoms with van der Waals surface area (Å²) in [4.78, 5) is 12.6. The minimum Gasteiger partial charge on any atom is -0.467 e. The number of rotatable bonds is 4. The lowest BCUT2D eigenvalue weighted by Crippen LogP contribution is -2.36. The molecule has 3 heterocycles. The third-order valence-corrected chi connectivity index (χ3v) is 4.95. The van der Waals surface area contributed by atoms with Crippen molar-refractivity contribution in [1.82, 2.24) is 15.1 Å². The normalized spacial score (nSPS) is 18.8. The predicted octanol–water partition coefficient (Wildman–Crippen LogP) is 4.72. The number of hydrogen-bond acceptors (Lipinski definition) is 4. The number of nitrogens with zero attached hydrogens (tertiary/aromatic N) is 2. The van der Waals surface area contributed by atoms with Gasteiger partial charge in [-0.3, -0.25) is 4.79 Å². The molecule has 6 nitrogen and oxygen atoms in total.